The van der Waals surface area contributed by atoms with Crippen LogP contribution in [0.3, 0.4) is 0 Å². The van der Waals surface area contributed by atoms with Gasteiger partial charge in [-0.3, -0.25) is 38.4 Å². The molecule has 10 rings (SSSR count). The Morgan fingerprint density at radius 2 is 0.366 bits per heavy atom. The minimum absolute atomic E-state index is 0.0781. The number of phenolic OH excluding ortho intramolecular Hbond substituents is 2. The number of amides is 8. The van der Waals surface area contributed by atoms with Crippen molar-refractivity contribution in [1.82, 2.24) is 0 Å². The molecule has 8 aromatic rings. The second-order valence-corrected chi connectivity index (χ2v) is 27.0. The molecule has 8 aromatic carbocycles. The summed E-state index contributed by atoms with van der Waals surface area (Å²) in [5.74, 6) is -73.2. The normalized spacial score (nSPS) is 18.1. The average Bonchev–Trinajstić information content (AvgIpc) is 0.691. The molecular formula is C76H62F16N8O12. The van der Waals surface area contributed by atoms with Gasteiger partial charge in [0.25, 0.3) is 47.3 Å². The third-order valence-electron chi connectivity index (χ3n) is 18.4. The van der Waals surface area contributed by atoms with Crippen molar-refractivity contribution in [3.8, 4) is 23.0 Å². The van der Waals surface area contributed by atoms with E-state index in [1.165, 1.54) is 93.5 Å². The summed E-state index contributed by atoms with van der Waals surface area (Å²) in [6, 6.07) is 14.3. The molecule has 0 saturated heterocycles. The van der Waals surface area contributed by atoms with Crippen LogP contribution in [-0.4, -0.2) is 105 Å². The maximum absolute atomic E-state index is 16.8. The molecule has 0 radical (unpaired) electrons. The Hall–Kier alpha value is -12.4. The zero-order valence-corrected chi connectivity index (χ0v) is 60.3. The Morgan fingerprint density at radius 3 is 0.536 bits per heavy atom. The first-order chi connectivity index (χ1) is 51.6. The van der Waals surface area contributed by atoms with Crippen LogP contribution in [-0.2, 0) is 0 Å². The number of anilines is 8. The molecule has 36 heteroatoms. The van der Waals surface area contributed by atoms with Gasteiger partial charge in [-0.15, -0.1) is 0 Å². The van der Waals surface area contributed by atoms with Gasteiger partial charge in [0.1, 0.15) is 11.5 Å². The van der Waals surface area contributed by atoms with Gasteiger partial charge in [0.15, 0.2) is 11.5 Å². The van der Waals surface area contributed by atoms with E-state index in [1.807, 2.05) is 0 Å². The number of ether oxygens (including phenoxy) is 2. The van der Waals surface area contributed by atoms with E-state index in [4.69, 9.17) is 0 Å². The number of benzene rings is 8. The number of carbonyl (C=O) groups is 8. The van der Waals surface area contributed by atoms with Gasteiger partial charge in [-0.1, -0.05) is 24.3 Å². The van der Waals surface area contributed by atoms with Crippen molar-refractivity contribution in [2.24, 2.45) is 0 Å². The molecule has 8 amide bonds. The molecule has 10 N–H and O–H groups in total. The number of halogens is 16. The number of aryl methyl sites for hydroxylation is 12. The third-order valence-corrected chi connectivity index (χ3v) is 18.4. The van der Waals surface area contributed by atoms with E-state index in [1.54, 1.807) is 0 Å². The molecule has 14 bridgehead atoms. The maximum Gasteiger partial charge on any atom is 0.471 e. The minimum Gasteiger partial charge on any atom is -0.506 e. The standard InChI is InChI=1S/C76H62F16N8O12/c1-29-13-41-57(101)42(14-29)62(104)94-50-26-54(38(10)22-34(50)6)98-66(108)46-18-32(4)20-48-60(46)112-76(91,92)74(87,88)72(83,84)70(79,80)69(77,78)71(81,82)73(85,86)75(89,90)111-59-45(65(107)97-53-25-49(93-61(41)103)33(5)21-37(53)9)17-31(3)19-47(59)67(109)99-55-27-51(35(7)23-39(55)11)95-63(105)43-15-30(2)16-44(58(43)102)64(106)96-52-28-56(100-68(48)110)40(12)24-36(52)8/h13-28,101-102H,1-12H3,(H,93,103)(H,94,104)(H,95,105)(H,96,106)(H,97,107)(H,98,108)(H,99,109)(H,100,110). The number of fused-ring (bicyclic) bond motifs is 21. The number of nitrogens with one attached hydrogen (secondary N) is 8. The Bertz CT molecular complexity index is 4830. The van der Waals surface area contributed by atoms with Crippen LogP contribution < -0.4 is 52.0 Å². The van der Waals surface area contributed by atoms with Crippen LogP contribution in [0.4, 0.5) is 116 Å². The quantitative estimate of drug-likeness (QED) is 0.0634. The van der Waals surface area contributed by atoms with E-state index in [0.29, 0.717) is 24.3 Å². The van der Waals surface area contributed by atoms with Crippen molar-refractivity contribution in [2.45, 2.75) is 131 Å². The van der Waals surface area contributed by atoms with Gasteiger partial charge in [-0.05, 0) is 223 Å². The molecule has 0 spiro atoms. The highest BCUT2D eigenvalue weighted by Gasteiger charge is 2.96. The molecule has 0 fully saturated rings. The Balaban J connectivity index is 1.27. The molecule has 2 heterocycles. The molecule has 0 aromatic heterocycles. The molecule has 2 aliphatic rings. The Morgan fingerprint density at radius 1 is 0.223 bits per heavy atom. The first-order valence-corrected chi connectivity index (χ1v) is 32.9. The number of alkyl halides is 16. The lowest BCUT2D eigenvalue weighted by Gasteiger charge is -2.43. The van der Waals surface area contributed by atoms with Crippen molar-refractivity contribution in [3.63, 3.8) is 0 Å². The van der Waals surface area contributed by atoms with Gasteiger partial charge < -0.3 is 62.2 Å². The van der Waals surface area contributed by atoms with Crippen LogP contribution in [0, 0.1) is 83.1 Å². The lowest BCUT2D eigenvalue weighted by Crippen LogP contribution is -2.75. The van der Waals surface area contributed by atoms with Gasteiger partial charge in [-0.25, -0.2) is 0 Å². The summed E-state index contributed by atoms with van der Waals surface area (Å²) in [6.07, 6.45) is -15.5. The summed E-state index contributed by atoms with van der Waals surface area (Å²) in [5.41, 5.74) is -13.6. The first-order valence-electron chi connectivity index (χ1n) is 32.9. The van der Waals surface area contributed by atoms with Crippen molar-refractivity contribution in [3.05, 3.63) is 208 Å². The highest BCUT2D eigenvalue weighted by atomic mass is 19.4. The number of phenols is 2. The molecular weight excluding hydrogens is 1520 g/mol. The lowest BCUT2D eigenvalue weighted by molar-refractivity contribution is -0.474. The summed E-state index contributed by atoms with van der Waals surface area (Å²) in [6.45, 7) is 14.8. The number of hydrogen-bond acceptors (Lipinski definition) is 12. The van der Waals surface area contributed by atoms with E-state index in [0.717, 1.165) is 62.4 Å². The second kappa shape index (κ2) is 28.5. The maximum atomic E-state index is 16.8. The van der Waals surface area contributed by atoms with Gasteiger partial charge in [0.2, 0.25) is 0 Å². The van der Waals surface area contributed by atoms with Crippen molar-refractivity contribution in [2.75, 3.05) is 42.5 Å². The Labute approximate surface area is 623 Å². The highest BCUT2D eigenvalue weighted by molar-refractivity contribution is 6.17. The zero-order valence-electron chi connectivity index (χ0n) is 60.3. The van der Waals surface area contributed by atoms with Gasteiger partial charge in [0, 0.05) is 45.5 Å². The predicted octanol–water partition coefficient (Wildman–Crippen LogP) is 17.9. The fraction of sp³-hybridized carbons (Fsp3) is 0.263. The van der Waals surface area contributed by atoms with Crippen LogP contribution in [0.5, 0.6) is 23.0 Å². The summed E-state index contributed by atoms with van der Waals surface area (Å²) < 4.78 is 271. The van der Waals surface area contributed by atoms with E-state index < -0.39 is 196 Å². The van der Waals surface area contributed by atoms with E-state index in [-0.39, 0.29) is 78.4 Å². The molecule has 20 nitrogen and oxygen atoms in total. The van der Waals surface area contributed by atoms with Crippen molar-refractivity contribution in [1.29, 1.82) is 0 Å². The number of rotatable bonds is 0. The van der Waals surface area contributed by atoms with Crippen LogP contribution in [0.25, 0.3) is 0 Å². The molecule has 0 saturated carbocycles. The molecule has 112 heavy (non-hydrogen) atoms. The van der Waals surface area contributed by atoms with Crippen LogP contribution in [0.15, 0.2) is 97.1 Å². The fourth-order valence-corrected chi connectivity index (χ4v) is 12.2. The van der Waals surface area contributed by atoms with E-state index >= 15 is 70.2 Å². The van der Waals surface area contributed by atoms with Crippen LogP contribution in [0.1, 0.15) is 150 Å². The summed E-state index contributed by atoms with van der Waals surface area (Å²) in [5, 5.41) is 41.4. The molecule has 590 valence electrons. The lowest BCUT2D eigenvalue weighted by atomic mass is 9.90. The first kappa shape index (κ1) is 82.1. The minimum atomic E-state index is -9.19. The summed E-state index contributed by atoms with van der Waals surface area (Å²) in [4.78, 5) is 116. The molecule has 2 aliphatic heterocycles. The SMILES string of the molecule is Cc1cc2c(O)c(c1)C(=O)Nc1cc(c(C)cc1C)NC(=O)c1cc(C)cc3c1OC(F)(F)C(F)(F)C(F)(F)C(F)(F)C(F)(F)C(F)(F)C(F)(F)C(F)(F)Oc1c(cc(C)cc1C(=O)Nc1cc(c(C)cc1C)NC(=O)c1cc(C)cc(c1O)C(=O)Nc1cc(c(C)cc1C)NC3=O)C(=O)Nc1cc(c(C)cc1C)NC2=O. The number of aromatic hydroxyl groups is 2. The van der Waals surface area contributed by atoms with Gasteiger partial charge >= 0.3 is 47.8 Å². The van der Waals surface area contributed by atoms with Crippen molar-refractivity contribution < 1.29 is 128 Å². The van der Waals surface area contributed by atoms with Gasteiger partial charge in [0.05, 0.1) is 44.5 Å². The number of hydrogen-bond donors (Lipinski definition) is 10. The smallest absolute Gasteiger partial charge is 0.471 e. The Kier molecular flexibility index (Phi) is 20.9. The topological polar surface area (TPSA) is 292 Å². The summed E-state index contributed by atoms with van der Waals surface area (Å²) in [7, 11) is 0. The molecule has 0 unspecified atom stereocenters. The van der Waals surface area contributed by atoms with E-state index in [9.17, 15) is 48.6 Å². The number of carbonyl (C=O) groups excluding carboxylic acids is 8. The molecule has 0 atom stereocenters. The monoisotopic (exact) mass is 1580 g/mol. The largest absolute Gasteiger partial charge is 0.506 e. The zero-order chi connectivity index (χ0) is 83.5. The predicted molar refractivity (Wildman–Crippen MR) is 376 cm³/mol. The second-order valence-electron chi connectivity index (χ2n) is 27.0. The van der Waals surface area contributed by atoms with Gasteiger partial charge in [-0.2, -0.15) is 70.2 Å². The molecule has 0 aliphatic carbocycles. The summed E-state index contributed by atoms with van der Waals surface area (Å²) >= 11 is 0. The van der Waals surface area contributed by atoms with Crippen LogP contribution in [0.2, 0.25) is 0 Å². The average molecular weight is 1580 g/mol. The van der Waals surface area contributed by atoms with E-state index in [2.05, 4.69) is 52.0 Å². The van der Waals surface area contributed by atoms with Crippen molar-refractivity contribution >= 4 is 92.8 Å². The third kappa shape index (κ3) is 14.3. The fourth-order valence-electron chi connectivity index (χ4n) is 12.2. The van der Waals surface area contributed by atoms with Crippen LogP contribution >= 0.6 is 0 Å². The highest BCUT2D eigenvalue weighted by Crippen LogP contribution is 2.64.